The topological polar surface area (TPSA) is 108 Å². The molecule has 4 amide bonds. The Balaban J connectivity index is 1.20. The highest BCUT2D eigenvalue weighted by molar-refractivity contribution is 8.00. The number of aromatic nitrogens is 1. The maximum Gasteiger partial charge on any atom is 0.315 e. The number of hydrogen-bond donors (Lipinski definition) is 2. The fraction of sp³-hybridized carbons (Fsp3) is 0.731. The Kier molecular flexibility index (Phi) is 11.7. The zero-order chi connectivity index (χ0) is 25.9. The first-order valence-corrected chi connectivity index (χ1v) is 15.2. The van der Waals surface area contributed by atoms with Crippen LogP contribution in [0, 0.1) is 5.92 Å². The summed E-state index contributed by atoms with van der Waals surface area (Å²) in [4.78, 5) is 55.0. The van der Waals surface area contributed by atoms with E-state index in [9.17, 15) is 19.2 Å². The second-order valence-electron chi connectivity index (χ2n) is 9.82. The van der Waals surface area contributed by atoms with Crippen molar-refractivity contribution in [3.63, 3.8) is 0 Å². The lowest BCUT2D eigenvalue weighted by molar-refractivity contribution is -0.136. The molecule has 0 bridgehead atoms. The standard InChI is InChI=1S/C26H40N4O4S2/c1-3-4-9-18-10-11-20-21(14-18)36-23(29-20)15-19(31)17-28-26(34)27-12-7-5-6-8-13-35-22-16-24(32)30(2)25(22)33/h18,22H,3-17H2,1-2H3,(H2,27,28,34)/t18-,22?/m0/s1. The lowest BCUT2D eigenvalue weighted by atomic mass is 9.87. The molecule has 8 nitrogen and oxygen atoms in total. The number of hydrogen-bond acceptors (Lipinski definition) is 7. The number of thioether (sulfide) groups is 1. The number of aryl methyl sites for hydroxylation is 1. The van der Waals surface area contributed by atoms with Crippen molar-refractivity contribution in [1.82, 2.24) is 20.5 Å². The van der Waals surface area contributed by atoms with Gasteiger partial charge in [0.1, 0.15) is 5.01 Å². The van der Waals surface area contributed by atoms with Gasteiger partial charge in [0.2, 0.25) is 11.8 Å². The smallest absolute Gasteiger partial charge is 0.315 e. The van der Waals surface area contributed by atoms with E-state index in [0.29, 0.717) is 13.0 Å². The van der Waals surface area contributed by atoms with Gasteiger partial charge in [-0.05, 0) is 43.8 Å². The van der Waals surface area contributed by atoms with Crippen molar-refractivity contribution in [2.24, 2.45) is 5.92 Å². The van der Waals surface area contributed by atoms with Crippen LogP contribution in [0.5, 0.6) is 0 Å². The number of likely N-dealkylation sites (tertiary alicyclic amines) is 1. The molecule has 2 atom stereocenters. The van der Waals surface area contributed by atoms with Crippen molar-refractivity contribution in [3.8, 4) is 0 Å². The molecule has 3 rings (SSSR count). The van der Waals surface area contributed by atoms with Gasteiger partial charge in [0.25, 0.3) is 0 Å². The number of nitrogens with one attached hydrogen (secondary N) is 2. The second-order valence-corrected chi connectivity index (χ2v) is 12.3. The fourth-order valence-corrected chi connectivity index (χ4v) is 7.12. The molecule has 2 N–H and O–H groups in total. The van der Waals surface area contributed by atoms with E-state index in [0.717, 1.165) is 55.2 Å². The molecule has 1 unspecified atom stereocenters. The zero-order valence-electron chi connectivity index (χ0n) is 21.6. The lowest BCUT2D eigenvalue weighted by Crippen LogP contribution is -2.39. The summed E-state index contributed by atoms with van der Waals surface area (Å²) in [6.45, 7) is 2.81. The molecule has 1 aromatic rings. The van der Waals surface area contributed by atoms with Crippen molar-refractivity contribution in [2.45, 2.75) is 89.2 Å². The molecule has 1 aliphatic carbocycles. The van der Waals surface area contributed by atoms with Crippen LogP contribution in [0.1, 0.15) is 80.3 Å². The van der Waals surface area contributed by atoms with Crippen LogP contribution in [-0.4, -0.2) is 64.7 Å². The SMILES string of the molecule is CCCC[C@H]1CCc2nc(CC(=O)CNC(=O)NCCCCCCSC3CC(=O)N(C)C3=O)sc2C1. The minimum atomic E-state index is -0.315. The van der Waals surface area contributed by atoms with Crippen molar-refractivity contribution < 1.29 is 19.2 Å². The third-order valence-electron chi connectivity index (χ3n) is 6.86. The Labute approximate surface area is 222 Å². The van der Waals surface area contributed by atoms with Crippen LogP contribution < -0.4 is 10.6 Å². The summed E-state index contributed by atoms with van der Waals surface area (Å²) in [5, 5.41) is 6.11. The van der Waals surface area contributed by atoms with Crippen molar-refractivity contribution in [3.05, 3.63) is 15.6 Å². The predicted octanol–water partition coefficient (Wildman–Crippen LogP) is 3.90. The van der Waals surface area contributed by atoms with Crippen molar-refractivity contribution >= 4 is 46.7 Å². The van der Waals surface area contributed by atoms with Crippen LogP contribution in [0.15, 0.2) is 0 Å². The Morgan fingerprint density at radius 3 is 2.67 bits per heavy atom. The number of ketones is 1. The molecule has 1 aliphatic heterocycles. The number of carbonyl (C=O) groups is 4. The normalized spacial score (nSPS) is 19.4. The summed E-state index contributed by atoms with van der Waals surface area (Å²) in [5.41, 5.74) is 1.18. The van der Waals surface area contributed by atoms with E-state index in [-0.39, 0.29) is 41.8 Å². The number of imide groups is 1. The number of unbranched alkanes of at least 4 members (excludes halogenated alkanes) is 4. The summed E-state index contributed by atoms with van der Waals surface area (Å²) in [6.07, 6.45) is 11.5. The molecule has 0 spiro atoms. The number of rotatable bonds is 15. The van der Waals surface area contributed by atoms with Gasteiger partial charge in [-0.3, -0.25) is 19.3 Å². The second kappa shape index (κ2) is 14.7. The van der Waals surface area contributed by atoms with E-state index in [4.69, 9.17) is 4.98 Å². The van der Waals surface area contributed by atoms with Gasteiger partial charge in [0.05, 0.1) is 23.9 Å². The first kappa shape index (κ1) is 28.6. The molecule has 0 saturated carbocycles. The van der Waals surface area contributed by atoms with Gasteiger partial charge in [-0.15, -0.1) is 23.1 Å². The minimum Gasteiger partial charge on any atom is -0.338 e. The highest BCUT2D eigenvalue weighted by Gasteiger charge is 2.35. The maximum atomic E-state index is 12.3. The number of amides is 4. The van der Waals surface area contributed by atoms with Gasteiger partial charge in [0.15, 0.2) is 5.78 Å². The molecule has 0 aromatic carbocycles. The van der Waals surface area contributed by atoms with Gasteiger partial charge < -0.3 is 10.6 Å². The number of thiazole rings is 1. The van der Waals surface area contributed by atoms with Crippen LogP contribution in [0.4, 0.5) is 4.79 Å². The number of fused-ring (bicyclic) bond motifs is 1. The van der Waals surface area contributed by atoms with Gasteiger partial charge in [-0.25, -0.2) is 9.78 Å². The summed E-state index contributed by atoms with van der Waals surface area (Å²) in [5.74, 6) is 1.41. The first-order valence-electron chi connectivity index (χ1n) is 13.3. The number of urea groups is 1. The van der Waals surface area contributed by atoms with Crippen LogP contribution in [-0.2, 0) is 33.6 Å². The lowest BCUT2D eigenvalue weighted by Gasteiger charge is -2.20. The van der Waals surface area contributed by atoms with E-state index in [1.807, 2.05) is 0 Å². The molecule has 0 radical (unpaired) electrons. The Bertz CT molecular complexity index is 920. The number of nitrogens with zero attached hydrogens (tertiary/aromatic N) is 2. The number of Topliss-reactive ketones (excluding diaryl/α,β-unsaturated/α-hetero) is 1. The molecule has 36 heavy (non-hydrogen) atoms. The fourth-order valence-electron chi connectivity index (χ4n) is 4.64. The molecule has 1 fully saturated rings. The Hall–Kier alpha value is -1.94. The third kappa shape index (κ3) is 8.87. The van der Waals surface area contributed by atoms with E-state index in [2.05, 4.69) is 17.6 Å². The van der Waals surface area contributed by atoms with Crippen LogP contribution in [0.25, 0.3) is 0 Å². The molecule has 10 heteroatoms. The van der Waals surface area contributed by atoms with Gasteiger partial charge in [-0.1, -0.05) is 39.0 Å². The average Bonchev–Trinajstić information content (AvgIpc) is 3.37. The Morgan fingerprint density at radius 2 is 1.92 bits per heavy atom. The molecule has 200 valence electrons. The van der Waals surface area contributed by atoms with Crippen LogP contribution >= 0.6 is 23.1 Å². The Morgan fingerprint density at radius 1 is 1.11 bits per heavy atom. The van der Waals surface area contributed by atoms with E-state index in [1.165, 1.54) is 41.2 Å². The third-order valence-corrected chi connectivity index (χ3v) is 9.28. The molecule has 1 saturated heterocycles. The zero-order valence-corrected chi connectivity index (χ0v) is 23.2. The first-order chi connectivity index (χ1) is 17.4. The maximum absolute atomic E-state index is 12.3. The van der Waals surface area contributed by atoms with Crippen LogP contribution in [0.3, 0.4) is 0 Å². The molecular formula is C26H40N4O4S2. The average molecular weight is 537 g/mol. The largest absolute Gasteiger partial charge is 0.338 e. The van der Waals surface area contributed by atoms with Gasteiger partial charge >= 0.3 is 6.03 Å². The summed E-state index contributed by atoms with van der Waals surface area (Å²) in [7, 11) is 1.54. The molecule has 1 aromatic heterocycles. The van der Waals surface area contributed by atoms with Gasteiger partial charge in [0, 0.05) is 24.9 Å². The number of carbonyl (C=O) groups excluding carboxylic acids is 4. The van der Waals surface area contributed by atoms with E-state index >= 15 is 0 Å². The molecule has 2 aliphatic rings. The highest BCUT2D eigenvalue weighted by atomic mass is 32.2. The van der Waals surface area contributed by atoms with Gasteiger partial charge in [-0.2, -0.15) is 0 Å². The monoisotopic (exact) mass is 536 g/mol. The summed E-state index contributed by atoms with van der Waals surface area (Å²) >= 11 is 3.23. The van der Waals surface area contributed by atoms with E-state index in [1.54, 1.807) is 30.1 Å². The quantitative estimate of drug-likeness (QED) is 0.260. The molecule has 2 heterocycles. The van der Waals surface area contributed by atoms with Crippen molar-refractivity contribution in [2.75, 3.05) is 25.9 Å². The predicted molar refractivity (Wildman–Crippen MR) is 144 cm³/mol. The summed E-state index contributed by atoms with van der Waals surface area (Å²) < 4.78 is 0. The summed E-state index contributed by atoms with van der Waals surface area (Å²) in [6, 6.07) is -0.315. The molecular weight excluding hydrogens is 496 g/mol. The highest BCUT2D eigenvalue weighted by Crippen LogP contribution is 2.32. The van der Waals surface area contributed by atoms with Crippen molar-refractivity contribution in [1.29, 1.82) is 0 Å². The van der Waals surface area contributed by atoms with Crippen LogP contribution in [0.2, 0.25) is 0 Å². The minimum absolute atomic E-state index is 0.0179. The van der Waals surface area contributed by atoms with E-state index < -0.39 is 0 Å².